The summed E-state index contributed by atoms with van der Waals surface area (Å²) in [5.74, 6) is 0.0479. The van der Waals surface area contributed by atoms with E-state index in [1.165, 1.54) is 6.42 Å². The lowest BCUT2D eigenvalue weighted by Gasteiger charge is -2.28. The number of pyridine rings is 1. The van der Waals surface area contributed by atoms with E-state index >= 15 is 0 Å². The highest BCUT2D eigenvalue weighted by atomic mass is 16.5. The first-order chi connectivity index (χ1) is 10.1. The Morgan fingerprint density at radius 1 is 1.29 bits per heavy atom. The van der Waals surface area contributed by atoms with Crippen LogP contribution in [0, 0.1) is 5.92 Å². The Kier molecular flexibility index (Phi) is 3.78. The molecule has 1 aromatic heterocycles. The number of nitrogens with two attached hydrogens (primary N) is 1. The van der Waals surface area contributed by atoms with Gasteiger partial charge in [0.05, 0.1) is 5.52 Å². The Labute approximate surface area is 124 Å². The predicted molar refractivity (Wildman–Crippen MR) is 83.0 cm³/mol. The van der Waals surface area contributed by atoms with Gasteiger partial charge in [0.15, 0.2) is 5.69 Å². The first-order valence-electron chi connectivity index (χ1n) is 7.51. The number of nitrogen functional groups attached to an aromatic ring is 1. The number of benzene rings is 1. The molecule has 4 nitrogen and oxygen atoms in total. The largest absolute Gasteiger partial charge is 0.457 e. The Bertz CT molecular complexity index is 669. The molecule has 2 atom stereocenters. The number of ether oxygens (including phenoxy) is 1. The molecule has 1 fully saturated rings. The fourth-order valence-corrected chi connectivity index (χ4v) is 2.96. The number of hydrogen-bond acceptors (Lipinski definition) is 4. The van der Waals surface area contributed by atoms with Gasteiger partial charge in [-0.25, -0.2) is 9.78 Å². The second kappa shape index (κ2) is 5.72. The van der Waals surface area contributed by atoms with Crippen molar-refractivity contribution in [3.05, 3.63) is 36.0 Å². The zero-order valence-electron chi connectivity index (χ0n) is 12.2. The average Bonchev–Trinajstić information content (AvgIpc) is 2.49. The minimum Gasteiger partial charge on any atom is -0.457 e. The molecule has 0 amide bonds. The molecule has 0 bridgehead atoms. The maximum absolute atomic E-state index is 12.3. The van der Waals surface area contributed by atoms with E-state index in [9.17, 15) is 4.79 Å². The lowest BCUT2D eigenvalue weighted by atomic mass is 9.88. The number of nitrogens with zero attached hydrogens (tertiary/aromatic N) is 1. The van der Waals surface area contributed by atoms with Crippen LogP contribution >= 0.6 is 0 Å². The number of para-hydroxylation sites is 1. The molecule has 1 saturated carbocycles. The van der Waals surface area contributed by atoms with Crippen LogP contribution in [0.2, 0.25) is 0 Å². The van der Waals surface area contributed by atoms with E-state index < -0.39 is 0 Å². The van der Waals surface area contributed by atoms with Gasteiger partial charge in [-0.1, -0.05) is 31.5 Å². The first-order valence-corrected chi connectivity index (χ1v) is 7.51. The topological polar surface area (TPSA) is 65.2 Å². The van der Waals surface area contributed by atoms with E-state index in [0.717, 1.165) is 30.2 Å². The minimum atomic E-state index is -0.369. The van der Waals surface area contributed by atoms with Crippen molar-refractivity contribution in [1.82, 2.24) is 4.98 Å². The average molecular weight is 284 g/mol. The molecule has 1 aliphatic carbocycles. The Balaban J connectivity index is 1.84. The van der Waals surface area contributed by atoms with E-state index in [1.54, 1.807) is 6.07 Å². The molecule has 1 aromatic carbocycles. The van der Waals surface area contributed by atoms with Crippen molar-refractivity contribution in [3.8, 4) is 0 Å². The highest BCUT2D eigenvalue weighted by molar-refractivity contribution is 5.96. The van der Waals surface area contributed by atoms with Crippen molar-refractivity contribution in [2.75, 3.05) is 5.73 Å². The molecule has 21 heavy (non-hydrogen) atoms. The predicted octanol–water partition coefficient (Wildman–Crippen LogP) is 3.55. The lowest BCUT2D eigenvalue weighted by molar-refractivity contribution is 0.00425. The number of fused-ring (bicyclic) bond motifs is 1. The normalized spacial score (nSPS) is 22.1. The summed E-state index contributed by atoms with van der Waals surface area (Å²) in [6, 6.07) is 9.15. The van der Waals surface area contributed by atoms with Crippen LogP contribution < -0.4 is 5.73 Å². The number of anilines is 1. The van der Waals surface area contributed by atoms with Crippen molar-refractivity contribution in [2.24, 2.45) is 5.92 Å². The third-order valence-corrected chi connectivity index (χ3v) is 4.25. The van der Waals surface area contributed by atoms with E-state index in [-0.39, 0.29) is 12.1 Å². The number of carbonyl (C=O) groups is 1. The molecular formula is C17H20N2O2. The maximum atomic E-state index is 12.3. The molecule has 2 aromatic rings. The van der Waals surface area contributed by atoms with Gasteiger partial charge in [-0.15, -0.1) is 0 Å². The van der Waals surface area contributed by atoms with Crippen LogP contribution in [0.4, 0.5) is 5.69 Å². The fraction of sp³-hybridized carbons (Fsp3) is 0.412. The molecule has 4 heteroatoms. The maximum Gasteiger partial charge on any atom is 0.357 e. The molecule has 1 heterocycles. The van der Waals surface area contributed by atoms with E-state index in [2.05, 4.69) is 11.9 Å². The van der Waals surface area contributed by atoms with Gasteiger partial charge < -0.3 is 10.5 Å². The van der Waals surface area contributed by atoms with E-state index in [0.29, 0.717) is 17.3 Å². The third-order valence-electron chi connectivity index (χ3n) is 4.25. The summed E-state index contributed by atoms with van der Waals surface area (Å²) in [6.45, 7) is 2.14. The second-order valence-electron chi connectivity index (χ2n) is 5.82. The minimum absolute atomic E-state index is 0.000690. The number of rotatable bonds is 2. The van der Waals surface area contributed by atoms with Crippen molar-refractivity contribution in [1.29, 1.82) is 0 Å². The quantitative estimate of drug-likeness (QED) is 0.856. The van der Waals surface area contributed by atoms with Gasteiger partial charge in [0.25, 0.3) is 0 Å². The summed E-state index contributed by atoms with van der Waals surface area (Å²) >= 11 is 0. The van der Waals surface area contributed by atoms with Crippen LogP contribution in [0.3, 0.4) is 0 Å². The van der Waals surface area contributed by atoms with Crippen LogP contribution in [0.25, 0.3) is 10.9 Å². The van der Waals surface area contributed by atoms with Crippen LogP contribution in [0.15, 0.2) is 30.3 Å². The smallest absolute Gasteiger partial charge is 0.357 e. The summed E-state index contributed by atoms with van der Waals surface area (Å²) in [6.07, 6.45) is 4.40. The molecule has 1 aliphatic rings. The van der Waals surface area contributed by atoms with Crippen molar-refractivity contribution in [3.63, 3.8) is 0 Å². The van der Waals surface area contributed by atoms with Gasteiger partial charge in [0.1, 0.15) is 6.10 Å². The van der Waals surface area contributed by atoms with Crippen molar-refractivity contribution >= 4 is 22.6 Å². The van der Waals surface area contributed by atoms with Crippen LogP contribution in [0.1, 0.15) is 43.1 Å². The zero-order chi connectivity index (χ0) is 14.8. The monoisotopic (exact) mass is 284 g/mol. The molecule has 0 saturated heterocycles. The van der Waals surface area contributed by atoms with Gasteiger partial charge in [-0.2, -0.15) is 0 Å². The summed E-state index contributed by atoms with van der Waals surface area (Å²) in [5, 5.41) is 0.861. The van der Waals surface area contributed by atoms with Gasteiger partial charge in [0.2, 0.25) is 0 Å². The molecule has 2 N–H and O–H groups in total. The van der Waals surface area contributed by atoms with Gasteiger partial charge in [0, 0.05) is 11.1 Å². The Morgan fingerprint density at radius 3 is 2.86 bits per heavy atom. The summed E-state index contributed by atoms with van der Waals surface area (Å²) in [4.78, 5) is 16.7. The van der Waals surface area contributed by atoms with E-state index in [1.807, 2.05) is 24.3 Å². The lowest BCUT2D eigenvalue weighted by Crippen LogP contribution is -2.28. The Hall–Kier alpha value is -2.10. The highest BCUT2D eigenvalue weighted by Crippen LogP contribution is 2.27. The van der Waals surface area contributed by atoms with Crippen molar-refractivity contribution < 1.29 is 9.53 Å². The summed E-state index contributed by atoms with van der Waals surface area (Å²) in [7, 11) is 0. The number of hydrogen-bond donors (Lipinski definition) is 1. The number of carbonyl (C=O) groups excluding carboxylic acids is 1. The van der Waals surface area contributed by atoms with Crippen molar-refractivity contribution in [2.45, 2.75) is 38.7 Å². The SMILES string of the molecule is CC1CCCCC1OC(=O)c1cc(N)c2ccccc2n1. The molecule has 2 unspecified atom stereocenters. The van der Waals surface area contributed by atoms with Gasteiger partial charge in [-0.05, 0) is 37.3 Å². The molecular weight excluding hydrogens is 264 g/mol. The fourth-order valence-electron chi connectivity index (χ4n) is 2.96. The molecule has 0 spiro atoms. The zero-order valence-corrected chi connectivity index (χ0v) is 12.2. The van der Waals surface area contributed by atoms with Gasteiger partial charge in [-0.3, -0.25) is 0 Å². The highest BCUT2D eigenvalue weighted by Gasteiger charge is 2.26. The molecule has 0 aliphatic heterocycles. The standard InChI is InChI=1S/C17H20N2O2/c1-11-6-2-5-9-16(11)21-17(20)15-10-13(18)12-7-3-4-8-14(12)19-15/h3-4,7-8,10-11,16H,2,5-6,9H2,1H3,(H2,18,19). The van der Waals surface area contributed by atoms with E-state index in [4.69, 9.17) is 10.5 Å². The Morgan fingerprint density at radius 2 is 2.05 bits per heavy atom. The first kappa shape index (κ1) is 13.9. The summed E-state index contributed by atoms with van der Waals surface area (Å²) in [5.41, 5.74) is 7.59. The van der Waals surface area contributed by atoms with Crippen LogP contribution in [-0.4, -0.2) is 17.1 Å². The van der Waals surface area contributed by atoms with Gasteiger partial charge >= 0.3 is 5.97 Å². The molecule has 3 rings (SSSR count). The molecule has 0 radical (unpaired) electrons. The summed E-state index contributed by atoms with van der Waals surface area (Å²) < 4.78 is 5.64. The van der Waals surface area contributed by atoms with Crippen LogP contribution in [0.5, 0.6) is 0 Å². The van der Waals surface area contributed by atoms with Crippen LogP contribution in [-0.2, 0) is 4.74 Å². The second-order valence-corrected chi connectivity index (χ2v) is 5.82. The number of esters is 1. The third kappa shape index (κ3) is 2.84. The number of aromatic nitrogens is 1. The molecule has 110 valence electrons.